The molecule has 1 heterocycles. The highest BCUT2D eigenvalue weighted by atomic mass is 19.1. The zero-order valence-corrected chi connectivity index (χ0v) is 14.2. The highest BCUT2D eigenvalue weighted by molar-refractivity contribution is 5.69. The lowest BCUT2D eigenvalue weighted by Crippen LogP contribution is -2.01. The summed E-state index contributed by atoms with van der Waals surface area (Å²) in [6, 6.07) is 25.1. The standard InChI is InChI=1S/C22H13FN4/c23-18-11-12-19(17(13-18)14-24)22-26-20(15-7-3-1-4-8-15)25-21(27-22)16-9-5-2-6-10-16/h1-13H. The second-order valence-corrected chi connectivity index (χ2v) is 5.84. The predicted octanol–water partition coefficient (Wildman–Crippen LogP) is 4.88. The quantitative estimate of drug-likeness (QED) is 0.527. The van der Waals surface area contributed by atoms with Crippen molar-refractivity contribution >= 4 is 0 Å². The van der Waals surface area contributed by atoms with E-state index in [1.165, 1.54) is 18.2 Å². The number of aromatic nitrogens is 3. The van der Waals surface area contributed by atoms with Crippen LogP contribution in [0.5, 0.6) is 0 Å². The molecule has 0 bridgehead atoms. The summed E-state index contributed by atoms with van der Waals surface area (Å²) in [6.45, 7) is 0. The Bertz CT molecular complexity index is 1080. The monoisotopic (exact) mass is 352 g/mol. The van der Waals surface area contributed by atoms with E-state index in [1.54, 1.807) is 0 Å². The Hall–Kier alpha value is -3.91. The van der Waals surface area contributed by atoms with Crippen LogP contribution in [-0.4, -0.2) is 15.0 Å². The highest BCUT2D eigenvalue weighted by Crippen LogP contribution is 2.26. The molecule has 4 nitrogen and oxygen atoms in total. The van der Waals surface area contributed by atoms with Crippen LogP contribution in [0.25, 0.3) is 34.2 Å². The second kappa shape index (κ2) is 7.14. The Morgan fingerprint density at radius 2 is 1.19 bits per heavy atom. The van der Waals surface area contributed by atoms with Gasteiger partial charge in [0.05, 0.1) is 11.6 Å². The smallest absolute Gasteiger partial charge is 0.165 e. The molecule has 0 aliphatic carbocycles. The maximum absolute atomic E-state index is 13.5. The van der Waals surface area contributed by atoms with E-state index in [0.29, 0.717) is 23.0 Å². The molecule has 0 saturated heterocycles. The Balaban J connectivity index is 1.96. The molecule has 0 radical (unpaired) electrons. The van der Waals surface area contributed by atoms with Crippen molar-refractivity contribution in [2.24, 2.45) is 0 Å². The first kappa shape index (κ1) is 16.6. The summed E-state index contributed by atoms with van der Waals surface area (Å²) in [6.07, 6.45) is 0. The maximum atomic E-state index is 13.5. The van der Waals surface area contributed by atoms with E-state index in [2.05, 4.69) is 15.0 Å². The zero-order chi connectivity index (χ0) is 18.6. The van der Waals surface area contributed by atoms with Gasteiger partial charge in [-0.2, -0.15) is 5.26 Å². The number of hydrogen-bond acceptors (Lipinski definition) is 4. The first-order valence-electron chi connectivity index (χ1n) is 8.31. The zero-order valence-electron chi connectivity index (χ0n) is 14.2. The van der Waals surface area contributed by atoms with Gasteiger partial charge in [-0.3, -0.25) is 0 Å². The summed E-state index contributed by atoms with van der Waals surface area (Å²) in [5.74, 6) is 0.843. The molecular weight excluding hydrogens is 339 g/mol. The average molecular weight is 352 g/mol. The van der Waals surface area contributed by atoms with E-state index in [4.69, 9.17) is 0 Å². The Morgan fingerprint density at radius 3 is 1.70 bits per heavy atom. The van der Waals surface area contributed by atoms with E-state index in [1.807, 2.05) is 66.7 Å². The molecule has 4 rings (SSSR count). The van der Waals surface area contributed by atoms with E-state index < -0.39 is 5.82 Å². The van der Waals surface area contributed by atoms with E-state index in [9.17, 15) is 9.65 Å². The van der Waals surface area contributed by atoms with Crippen LogP contribution in [0, 0.1) is 17.1 Å². The van der Waals surface area contributed by atoms with Crippen LogP contribution in [0.15, 0.2) is 78.9 Å². The minimum Gasteiger partial charge on any atom is -0.208 e. The van der Waals surface area contributed by atoms with E-state index >= 15 is 0 Å². The van der Waals surface area contributed by atoms with Crippen LogP contribution < -0.4 is 0 Å². The molecule has 0 amide bonds. The number of halogens is 1. The summed E-state index contributed by atoms with van der Waals surface area (Å²) in [5, 5.41) is 9.39. The largest absolute Gasteiger partial charge is 0.208 e. The molecule has 5 heteroatoms. The summed E-state index contributed by atoms with van der Waals surface area (Å²) in [7, 11) is 0. The molecule has 1 aromatic heterocycles. The van der Waals surface area contributed by atoms with Gasteiger partial charge in [-0.1, -0.05) is 60.7 Å². The highest BCUT2D eigenvalue weighted by Gasteiger charge is 2.15. The van der Waals surface area contributed by atoms with Crippen LogP contribution >= 0.6 is 0 Å². The Morgan fingerprint density at radius 1 is 0.667 bits per heavy atom. The van der Waals surface area contributed by atoms with E-state index in [-0.39, 0.29) is 5.56 Å². The molecule has 0 saturated carbocycles. The summed E-state index contributed by atoms with van der Waals surface area (Å²) >= 11 is 0. The lowest BCUT2D eigenvalue weighted by atomic mass is 10.1. The first-order valence-corrected chi connectivity index (χ1v) is 8.31. The normalized spacial score (nSPS) is 10.4. The van der Waals surface area contributed by atoms with Crippen molar-refractivity contribution < 1.29 is 4.39 Å². The average Bonchev–Trinajstić information content (AvgIpc) is 2.74. The van der Waals surface area contributed by atoms with Gasteiger partial charge in [-0.15, -0.1) is 0 Å². The number of nitriles is 1. The van der Waals surface area contributed by atoms with Crippen molar-refractivity contribution in [1.82, 2.24) is 15.0 Å². The van der Waals surface area contributed by atoms with Gasteiger partial charge in [0.1, 0.15) is 5.82 Å². The van der Waals surface area contributed by atoms with Crippen molar-refractivity contribution in [3.05, 3.63) is 90.2 Å². The topological polar surface area (TPSA) is 62.5 Å². The SMILES string of the molecule is N#Cc1cc(F)ccc1-c1nc(-c2ccccc2)nc(-c2ccccc2)n1. The molecule has 0 unspecified atom stereocenters. The van der Waals surface area contributed by atoms with Crippen LogP contribution in [-0.2, 0) is 0 Å². The molecule has 3 aromatic carbocycles. The van der Waals surface area contributed by atoms with Crippen molar-refractivity contribution in [3.8, 4) is 40.2 Å². The number of hydrogen-bond donors (Lipinski definition) is 0. The molecule has 4 aromatic rings. The maximum Gasteiger partial charge on any atom is 0.165 e. The fourth-order valence-electron chi connectivity index (χ4n) is 2.73. The van der Waals surface area contributed by atoms with Crippen LogP contribution in [0.4, 0.5) is 4.39 Å². The fourth-order valence-corrected chi connectivity index (χ4v) is 2.73. The number of benzene rings is 3. The van der Waals surface area contributed by atoms with Gasteiger partial charge in [0.15, 0.2) is 17.5 Å². The van der Waals surface area contributed by atoms with E-state index in [0.717, 1.165) is 11.1 Å². The minimum absolute atomic E-state index is 0.180. The molecule has 0 aliphatic heterocycles. The van der Waals surface area contributed by atoms with Gasteiger partial charge in [-0.25, -0.2) is 19.3 Å². The predicted molar refractivity (Wildman–Crippen MR) is 101 cm³/mol. The molecule has 27 heavy (non-hydrogen) atoms. The fraction of sp³-hybridized carbons (Fsp3) is 0. The minimum atomic E-state index is -0.476. The lowest BCUT2D eigenvalue weighted by molar-refractivity contribution is 0.627. The molecule has 0 N–H and O–H groups in total. The van der Waals surface area contributed by atoms with Gasteiger partial charge < -0.3 is 0 Å². The number of rotatable bonds is 3. The Kier molecular flexibility index (Phi) is 4.38. The van der Waals surface area contributed by atoms with Crippen LogP contribution in [0.3, 0.4) is 0 Å². The van der Waals surface area contributed by atoms with Crippen LogP contribution in [0.1, 0.15) is 5.56 Å². The van der Waals surface area contributed by atoms with Gasteiger partial charge in [0.2, 0.25) is 0 Å². The molecule has 128 valence electrons. The van der Waals surface area contributed by atoms with Gasteiger partial charge >= 0.3 is 0 Å². The summed E-state index contributed by atoms with van der Waals surface area (Å²) in [4.78, 5) is 13.7. The third-order valence-electron chi connectivity index (χ3n) is 4.04. The summed E-state index contributed by atoms with van der Waals surface area (Å²) in [5.41, 5.74) is 2.31. The van der Waals surface area contributed by atoms with Gasteiger partial charge in [0.25, 0.3) is 0 Å². The Labute approximate surface area is 155 Å². The van der Waals surface area contributed by atoms with Crippen molar-refractivity contribution in [3.63, 3.8) is 0 Å². The molecule has 0 atom stereocenters. The lowest BCUT2D eigenvalue weighted by Gasteiger charge is -2.09. The van der Waals surface area contributed by atoms with Crippen molar-refractivity contribution in [2.75, 3.05) is 0 Å². The van der Waals surface area contributed by atoms with Crippen molar-refractivity contribution in [2.45, 2.75) is 0 Å². The third kappa shape index (κ3) is 3.42. The van der Waals surface area contributed by atoms with Gasteiger partial charge in [-0.05, 0) is 18.2 Å². The summed E-state index contributed by atoms with van der Waals surface area (Å²) < 4.78 is 13.5. The van der Waals surface area contributed by atoms with Crippen molar-refractivity contribution in [1.29, 1.82) is 5.26 Å². The van der Waals surface area contributed by atoms with Crippen LogP contribution in [0.2, 0.25) is 0 Å². The number of nitrogens with zero attached hydrogens (tertiary/aromatic N) is 4. The molecular formula is C22H13FN4. The third-order valence-corrected chi connectivity index (χ3v) is 4.04. The first-order chi connectivity index (χ1) is 13.2. The second-order valence-electron chi connectivity index (χ2n) is 5.84. The van der Waals surface area contributed by atoms with Gasteiger partial charge in [0, 0.05) is 16.7 Å². The molecule has 0 fully saturated rings. The molecule has 0 aliphatic rings. The molecule has 0 spiro atoms.